The van der Waals surface area contributed by atoms with Crippen LogP contribution in [0.25, 0.3) is 0 Å². The van der Waals surface area contributed by atoms with Gasteiger partial charge in [0.25, 0.3) is 0 Å². The largest absolute Gasteiger partial charge is 0.490 e. The number of carbonyl (C=O) groups is 1. The number of nitriles is 1. The van der Waals surface area contributed by atoms with Gasteiger partial charge in [-0.25, -0.2) is 9.78 Å². The number of ether oxygens (including phenoxy) is 1. The number of carboxylic acids is 1. The van der Waals surface area contributed by atoms with Crippen molar-refractivity contribution in [1.82, 2.24) is 19.6 Å². The molecule has 1 atom stereocenters. The molecule has 0 fully saturated rings. The maximum atomic E-state index is 10.6. The maximum absolute atomic E-state index is 10.6. The van der Waals surface area contributed by atoms with Gasteiger partial charge >= 0.3 is 12.1 Å². The molecular weight excluding hydrogens is 455 g/mol. The molecule has 1 aliphatic heterocycles. The molecule has 9 nitrogen and oxygen atoms in total. The predicted octanol–water partition coefficient (Wildman–Crippen LogP) is 3.46. The lowest BCUT2D eigenvalue weighted by atomic mass is 10.2. The van der Waals surface area contributed by atoms with E-state index >= 15 is 0 Å². The molecule has 0 aromatic carbocycles. The highest BCUT2D eigenvalue weighted by molar-refractivity contribution is 5.73. The van der Waals surface area contributed by atoms with Gasteiger partial charge in [-0.2, -0.15) is 18.4 Å². The van der Waals surface area contributed by atoms with Crippen molar-refractivity contribution in [1.29, 1.82) is 5.26 Å². The van der Waals surface area contributed by atoms with Gasteiger partial charge in [0.1, 0.15) is 17.9 Å². The van der Waals surface area contributed by atoms with Crippen LogP contribution in [0.5, 0.6) is 5.88 Å². The molecule has 0 radical (unpaired) electrons. The van der Waals surface area contributed by atoms with Crippen LogP contribution >= 0.6 is 0 Å². The van der Waals surface area contributed by atoms with Gasteiger partial charge < -0.3 is 18.9 Å². The van der Waals surface area contributed by atoms with Crippen LogP contribution < -0.4 is 4.74 Å². The van der Waals surface area contributed by atoms with E-state index in [1.807, 2.05) is 13.8 Å². The van der Waals surface area contributed by atoms with Crippen LogP contribution in [0.15, 0.2) is 41.2 Å². The topological polar surface area (TPSA) is 117 Å². The summed E-state index contributed by atoms with van der Waals surface area (Å²) in [6.45, 7) is 7.02. The van der Waals surface area contributed by atoms with Gasteiger partial charge in [-0.1, -0.05) is 5.16 Å². The number of aryl methyl sites for hydroxylation is 2. The summed E-state index contributed by atoms with van der Waals surface area (Å²) in [6, 6.07) is 9.75. The van der Waals surface area contributed by atoms with E-state index in [2.05, 4.69) is 44.0 Å². The Balaban J connectivity index is 0.000000406. The average molecular weight is 477 g/mol. The van der Waals surface area contributed by atoms with Gasteiger partial charge in [-0.15, -0.1) is 0 Å². The molecule has 4 heterocycles. The molecule has 0 saturated heterocycles. The van der Waals surface area contributed by atoms with Crippen LogP contribution in [-0.2, 0) is 24.4 Å². The normalized spacial score (nSPS) is 15.9. The van der Waals surface area contributed by atoms with Gasteiger partial charge in [0.15, 0.2) is 0 Å². The monoisotopic (exact) mass is 477 g/mol. The number of hydrogen-bond acceptors (Lipinski definition) is 7. The SMILES string of the molecule is Cc1noc(C)c1CN1Cc2cccn2CC(Oc2ccc(C#N)cn2)C1.O=C(O)C(F)(F)F. The number of nitrogens with zero attached hydrogens (tertiary/aromatic N) is 5. The number of fused-ring (bicyclic) bond motifs is 1. The van der Waals surface area contributed by atoms with Crippen LogP contribution in [-0.4, -0.2) is 49.5 Å². The van der Waals surface area contributed by atoms with Gasteiger partial charge in [0, 0.05) is 49.4 Å². The lowest BCUT2D eigenvalue weighted by Crippen LogP contribution is -2.35. The van der Waals surface area contributed by atoms with Crippen molar-refractivity contribution in [2.75, 3.05) is 6.54 Å². The molecule has 3 aromatic rings. The van der Waals surface area contributed by atoms with Crippen molar-refractivity contribution in [2.24, 2.45) is 0 Å². The molecule has 34 heavy (non-hydrogen) atoms. The molecular formula is C22H22F3N5O4. The Morgan fingerprint density at radius 2 is 2.06 bits per heavy atom. The number of carboxylic acid groups (broad SMARTS) is 1. The molecule has 1 unspecified atom stereocenters. The standard InChI is InChI=1S/C20H21N5O2.C2HF3O2/c1-14-19(15(2)27-23-14)13-24-10-17-4-3-7-25(17)12-18(11-24)26-20-6-5-16(8-21)9-22-20;3-2(4,5)1(6)7/h3-7,9,18H,10-13H2,1-2H3;(H,6,7). The second-order valence-corrected chi connectivity index (χ2v) is 7.66. The third-order valence-corrected chi connectivity index (χ3v) is 5.13. The molecule has 3 aromatic heterocycles. The summed E-state index contributed by atoms with van der Waals surface area (Å²) >= 11 is 0. The number of hydrogen-bond donors (Lipinski definition) is 1. The summed E-state index contributed by atoms with van der Waals surface area (Å²) in [4.78, 5) is 15.5. The second-order valence-electron chi connectivity index (χ2n) is 7.66. The first-order chi connectivity index (χ1) is 16.1. The first-order valence-corrected chi connectivity index (χ1v) is 10.2. The highest BCUT2D eigenvalue weighted by atomic mass is 19.4. The highest BCUT2D eigenvalue weighted by Crippen LogP contribution is 2.22. The Labute approximate surface area is 193 Å². The summed E-state index contributed by atoms with van der Waals surface area (Å²) in [6.07, 6.45) is -1.52. The Kier molecular flexibility index (Phi) is 7.57. The van der Waals surface area contributed by atoms with Crippen LogP contribution in [0.1, 0.15) is 28.3 Å². The summed E-state index contributed by atoms with van der Waals surface area (Å²) in [5.41, 5.74) is 3.83. The summed E-state index contributed by atoms with van der Waals surface area (Å²) in [7, 11) is 0. The van der Waals surface area contributed by atoms with Crippen LogP contribution in [0.2, 0.25) is 0 Å². The Morgan fingerprint density at radius 1 is 1.32 bits per heavy atom. The van der Waals surface area contributed by atoms with E-state index in [4.69, 9.17) is 24.4 Å². The number of aromatic nitrogens is 3. The lowest BCUT2D eigenvalue weighted by Gasteiger charge is -2.24. The minimum absolute atomic E-state index is 0.0560. The number of rotatable bonds is 4. The van der Waals surface area contributed by atoms with E-state index in [1.54, 1.807) is 12.1 Å². The second kappa shape index (κ2) is 10.4. The highest BCUT2D eigenvalue weighted by Gasteiger charge is 2.38. The first kappa shape index (κ1) is 24.8. The number of halogens is 3. The summed E-state index contributed by atoms with van der Waals surface area (Å²) < 4.78 is 45.4. The summed E-state index contributed by atoms with van der Waals surface area (Å²) in [5, 5.41) is 20.1. The fourth-order valence-corrected chi connectivity index (χ4v) is 3.46. The Hall–Kier alpha value is -3.85. The molecule has 4 rings (SSSR count). The third kappa shape index (κ3) is 6.35. The van der Waals surface area contributed by atoms with Crippen LogP contribution in [0.3, 0.4) is 0 Å². The van der Waals surface area contributed by atoms with Crippen LogP contribution in [0.4, 0.5) is 13.2 Å². The minimum atomic E-state index is -5.08. The van der Waals surface area contributed by atoms with Crippen molar-refractivity contribution in [3.8, 4) is 11.9 Å². The first-order valence-electron chi connectivity index (χ1n) is 10.2. The zero-order valence-corrected chi connectivity index (χ0v) is 18.4. The van der Waals surface area contributed by atoms with E-state index in [9.17, 15) is 13.2 Å². The van der Waals surface area contributed by atoms with Crippen molar-refractivity contribution in [2.45, 2.75) is 45.8 Å². The molecule has 1 N–H and O–H groups in total. The lowest BCUT2D eigenvalue weighted by molar-refractivity contribution is -0.192. The van der Waals surface area contributed by atoms with Crippen molar-refractivity contribution in [3.05, 3.63) is 64.9 Å². The van der Waals surface area contributed by atoms with E-state index in [1.165, 1.54) is 11.9 Å². The molecule has 0 bridgehead atoms. The molecule has 0 amide bonds. The molecule has 1 aliphatic rings. The fourth-order valence-electron chi connectivity index (χ4n) is 3.46. The molecule has 0 aliphatic carbocycles. The van der Waals surface area contributed by atoms with Gasteiger partial charge in [-0.05, 0) is 32.0 Å². The molecule has 0 spiro atoms. The quantitative estimate of drug-likeness (QED) is 0.607. The molecule has 180 valence electrons. The van der Waals surface area contributed by atoms with Crippen molar-refractivity contribution in [3.63, 3.8) is 0 Å². The zero-order valence-electron chi connectivity index (χ0n) is 18.4. The van der Waals surface area contributed by atoms with E-state index in [-0.39, 0.29) is 6.10 Å². The smallest absolute Gasteiger partial charge is 0.475 e. The van der Waals surface area contributed by atoms with E-state index < -0.39 is 12.1 Å². The third-order valence-electron chi connectivity index (χ3n) is 5.13. The zero-order chi connectivity index (χ0) is 24.9. The van der Waals surface area contributed by atoms with Gasteiger partial charge in [0.05, 0.1) is 17.8 Å². The van der Waals surface area contributed by atoms with E-state index in [0.717, 1.165) is 43.2 Å². The number of aliphatic carboxylic acids is 1. The number of pyridine rings is 1. The fraction of sp³-hybridized carbons (Fsp3) is 0.364. The Morgan fingerprint density at radius 3 is 2.62 bits per heavy atom. The number of alkyl halides is 3. The average Bonchev–Trinajstić information content (AvgIpc) is 3.30. The summed E-state index contributed by atoms with van der Waals surface area (Å²) in [5.74, 6) is -1.36. The molecule has 12 heteroatoms. The van der Waals surface area contributed by atoms with Crippen molar-refractivity contribution < 1.29 is 32.3 Å². The minimum Gasteiger partial charge on any atom is -0.475 e. The molecule has 0 saturated carbocycles. The predicted molar refractivity (Wildman–Crippen MR) is 112 cm³/mol. The van der Waals surface area contributed by atoms with Gasteiger partial charge in [-0.3, -0.25) is 4.90 Å². The Bertz CT molecular complexity index is 1150. The maximum Gasteiger partial charge on any atom is 0.490 e. The van der Waals surface area contributed by atoms with Gasteiger partial charge in [0.2, 0.25) is 5.88 Å². The van der Waals surface area contributed by atoms with E-state index in [0.29, 0.717) is 11.4 Å². The van der Waals surface area contributed by atoms with Crippen LogP contribution in [0, 0.1) is 25.2 Å². The van der Waals surface area contributed by atoms with Crippen molar-refractivity contribution >= 4 is 5.97 Å².